The van der Waals surface area contributed by atoms with Gasteiger partial charge in [0.2, 0.25) is 0 Å². The number of furan rings is 1. The van der Waals surface area contributed by atoms with Crippen molar-refractivity contribution in [2.45, 2.75) is 6.92 Å². The summed E-state index contributed by atoms with van der Waals surface area (Å²) in [5, 5.41) is 0. The van der Waals surface area contributed by atoms with E-state index in [-0.39, 0.29) is 0 Å². The van der Waals surface area contributed by atoms with Crippen molar-refractivity contribution in [2.24, 2.45) is 0 Å². The molecular formula is C11H8BrN3O. The second kappa shape index (κ2) is 3.45. The third-order valence-electron chi connectivity index (χ3n) is 2.47. The number of imidazole rings is 1. The molecule has 0 amide bonds. The van der Waals surface area contributed by atoms with Gasteiger partial charge in [0.25, 0.3) is 0 Å². The average molecular weight is 278 g/mol. The highest BCUT2D eigenvalue weighted by molar-refractivity contribution is 9.10. The van der Waals surface area contributed by atoms with Gasteiger partial charge < -0.3 is 9.40 Å². The molecule has 0 bridgehead atoms. The largest absolute Gasteiger partial charge is 0.457 e. The van der Waals surface area contributed by atoms with Crippen LogP contribution in [0.2, 0.25) is 0 Å². The van der Waals surface area contributed by atoms with Crippen LogP contribution >= 0.6 is 15.9 Å². The molecular weight excluding hydrogens is 270 g/mol. The number of aromatic nitrogens is 3. The van der Waals surface area contributed by atoms with Crippen LogP contribution in [0.25, 0.3) is 22.6 Å². The van der Waals surface area contributed by atoms with Gasteiger partial charge in [-0.2, -0.15) is 0 Å². The minimum atomic E-state index is 0.671. The van der Waals surface area contributed by atoms with Crippen LogP contribution in [0.4, 0.5) is 0 Å². The van der Waals surface area contributed by atoms with Crippen molar-refractivity contribution in [3.8, 4) is 11.4 Å². The predicted molar refractivity (Wildman–Crippen MR) is 64.0 cm³/mol. The van der Waals surface area contributed by atoms with Crippen LogP contribution < -0.4 is 0 Å². The van der Waals surface area contributed by atoms with Crippen LogP contribution in [0.1, 0.15) is 5.56 Å². The smallest absolute Gasteiger partial charge is 0.179 e. The first-order chi connectivity index (χ1) is 7.75. The number of nitrogens with one attached hydrogen (secondary N) is 1. The molecule has 0 atom stereocenters. The van der Waals surface area contributed by atoms with Gasteiger partial charge in [-0.05, 0) is 40.5 Å². The van der Waals surface area contributed by atoms with Crippen molar-refractivity contribution in [2.75, 3.05) is 0 Å². The van der Waals surface area contributed by atoms with Crippen molar-refractivity contribution in [3.05, 3.63) is 34.8 Å². The van der Waals surface area contributed by atoms with E-state index in [1.165, 1.54) is 0 Å². The van der Waals surface area contributed by atoms with E-state index >= 15 is 0 Å². The highest BCUT2D eigenvalue weighted by Crippen LogP contribution is 2.28. The molecule has 3 aromatic heterocycles. The van der Waals surface area contributed by atoms with Gasteiger partial charge in [-0.15, -0.1) is 0 Å². The molecule has 4 nitrogen and oxygen atoms in total. The Hall–Kier alpha value is -1.62. The van der Waals surface area contributed by atoms with Crippen LogP contribution in [0, 0.1) is 6.92 Å². The Bertz CT molecular complexity index is 656. The second-order valence-electron chi connectivity index (χ2n) is 3.52. The van der Waals surface area contributed by atoms with Crippen molar-refractivity contribution in [1.82, 2.24) is 15.0 Å². The summed E-state index contributed by atoms with van der Waals surface area (Å²) in [5.74, 6) is 0.762. The van der Waals surface area contributed by atoms with E-state index in [2.05, 4.69) is 30.9 Å². The van der Waals surface area contributed by atoms with Crippen molar-refractivity contribution in [3.63, 3.8) is 0 Å². The Kier molecular flexibility index (Phi) is 2.07. The summed E-state index contributed by atoms with van der Waals surface area (Å²) in [7, 11) is 0. The van der Waals surface area contributed by atoms with E-state index in [1.807, 2.05) is 19.1 Å². The zero-order valence-electron chi connectivity index (χ0n) is 8.49. The molecule has 16 heavy (non-hydrogen) atoms. The van der Waals surface area contributed by atoms with Gasteiger partial charge in [-0.25, -0.2) is 9.97 Å². The quantitative estimate of drug-likeness (QED) is 0.743. The minimum absolute atomic E-state index is 0.671. The van der Waals surface area contributed by atoms with Crippen molar-refractivity contribution >= 4 is 27.1 Å². The molecule has 0 saturated carbocycles. The van der Waals surface area contributed by atoms with Crippen LogP contribution in [-0.2, 0) is 0 Å². The molecule has 0 fully saturated rings. The second-order valence-corrected chi connectivity index (χ2v) is 4.24. The molecule has 0 saturated heterocycles. The molecule has 5 heteroatoms. The topological polar surface area (TPSA) is 54.7 Å². The summed E-state index contributed by atoms with van der Waals surface area (Å²) in [6.45, 7) is 2.02. The summed E-state index contributed by atoms with van der Waals surface area (Å²) in [4.78, 5) is 11.9. The zero-order valence-corrected chi connectivity index (χ0v) is 10.1. The van der Waals surface area contributed by atoms with E-state index < -0.39 is 0 Å². The number of fused-ring (bicyclic) bond motifs is 1. The molecule has 1 N–H and O–H groups in total. The molecule has 3 rings (SSSR count). The first kappa shape index (κ1) is 9.59. The lowest BCUT2D eigenvalue weighted by molar-refractivity contribution is 0.542. The fourth-order valence-corrected chi connectivity index (χ4v) is 2.05. The molecule has 0 aliphatic heterocycles. The van der Waals surface area contributed by atoms with E-state index in [9.17, 15) is 0 Å². The van der Waals surface area contributed by atoms with E-state index in [0.29, 0.717) is 4.67 Å². The standard InChI is InChI=1S/C11H8BrN3O/c1-6-2-4-13-11-8(6)14-10(15-11)7-3-5-16-9(7)12/h2-5H,1H3,(H,13,14,15). The van der Waals surface area contributed by atoms with Gasteiger partial charge in [0.05, 0.1) is 17.3 Å². The van der Waals surface area contributed by atoms with Gasteiger partial charge >= 0.3 is 0 Å². The number of aryl methyl sites for hydroxylation is 1. The Labute approximate surface area is 99.8 Å². The molecule has 3 aromatic rings. The lowest BCUT2D eigenvalue weighted by Gasteiger charge is -1.91. The molecule has 3 heterocycles. The SMILES string of the molecule is Cc1ccnc2nc(-c3ccoc3Br)[nH]c12. The molecule has 0 aliphatic rings. The third kappa shape index (κ3) is 1.36. The minimum Gasteiger partial charge on any atom is -0.457 e. The van der Waals surface area contributed by atoms with Gasteiger partial charge in [0.15, 0.2) is 10.3 Å². The van der Waals surface area contributed by atoms with Gasteiger partial charge in [-0.3, -0.25) is 0 Å². The number of hydrogen-bond donors (Lipinski definition) is 1. The number of pyridine rings is 1. The highest BCUT2D eigenvalue weighted by Gasteiger charge is 2.12. The van der Waals surface area contributed by atoms with Crippen LogP contribution in [0.5, 0.6) is 0 Å². The number of rotatable bonds is 1. The maximum atomic E-state index is 5.18. The molecule has 80 valence electrons. The lowest BCUT2D eigenvalue weighted by Crippen LogP contribution is -1.78. The normalized spacial score (nSPS) is 11.1. The maximum Gasteiger partial charge on any atom is 0.179 e. The van der Waals surface area contributed by atoms with Gasteiger partial charge in [-0.1, -0.05) is 0 Å². The van der Waals surface area contributed by atoms with Gasteiger partial charge in [0, 0.05) is 6.20 Å². The molecule has 0 spiro atoms. The Morgan fingerprint density at radius 3 is 2.94 bits per heavy atom. The van der Waals surface area contributed by atoms with Crippen molar-refractivity contribution in [1.29, 1.82) is 0 Å². The van der Waals surface area contributed by atoms with Crippen LogP contribution in [0.3, 0.4) is 0 Å². The Morgan fingerprint density at radius 2 is 2.25 bits per heavy atom. The first-order valence-corrected chi connectivity index (χ1v) is 5.59. The maximum absolute atomic E-state index is 5.18. The van der Waals surface area contributed by atoms with Crippen LogP contribution in [-0.4, -0.2) is 15.0 Å². The van der Waals surface area contributed by atoms with E-state index in [4.69, 9.17) is 4.42 Å². The number of H-pyrrole nitrogens is 1. The number of aromatic amines is 1. The monoisotopic (exact) mass is 277 g/mol. The molecule has 0 aliphatic carbocycles. The van der Waals surface area contributed by atoms with E-state index in [0.717, 1.165) is 28.1 Å². The predicted octanol–water partition coefficient (Wildman–Crippen LogP) is 3.29. The summed E-state index contributed by atoms with van der Waals surface area (Å²) >= 11 is 3.33. The summed E-state index contributed by atoms with van der Waals surface area (Å²) in [6, 6.07) is 3.81. The van der Waals surface area contributed by atoms with Crippen molar-refractivity contribution < 1.29 is 4.42 Å². The molecule has 0 radical (unpaired) electrons. The Morgan fingerprint density at radius 1 is 1.38 bits per heavy atom. The molecule has 0 aromatic carbocycles. The average Bonchev–Trinajstić information content (AvgIpc) is 2.84. The summed E-state index contributed by atoms with van der Waals surface area (Å²) < 4.78 is 5.85. The van der Waals surface area contributed by atoms with E-state index in [1.54, 1.807) is 12.5 Å². The fraction of sp³-hybridized carbons (Fsp3) is 0.0909. The number of halogens is 1. The number of hydrogen-bond acceptors (Lipinski definition) is 3. The third-order valence-corrected chi connectivity index (χ3v) is 3.09. The van der Waals surface area contributed by atoms with Gasteiger partial charge in [0.1, 0.15) is 5.82 Å². The highest BCUT2D eigenvalue weighted by atomic mass is 79.9. The fourth-order valence-electron chi connectivity index (χ4n) is 1.63. The lowest BCUT2D eigenvalue weighted by atomic mass is 10.3. The van der Waals surface area contributed by atoms with Crippen LogP contribution in [0.15, 0.2) is 33.7 Å². The summed E-state index contributed by atoms with van der Waals surface area (Å²) in [5.41, 5.74) is 3.72. The first-order valence-electron chi connectivity index (χ1n) is 4.80. The number of nitrogens with zero attached hydrogens (tertiary/aromatic N) is 2. The zero-order chi connectivity index (χ0) is 11.1. The summed E-state index contributed by atoms with van der Waals surface area (Å²) in [6.07, 6.45) is 3.37. The Balaban J connectivity index is 2.27. The molecule has 0 unspecified atom stereocenters.